The molecule has 1 atom stereocenters. The number of hydrogen-bond donors (Lipinski definition) is 2. The molecular weight excluding hydrogens is 252 g/mol. The second kappa shape index (κ2) is 5.49. The summed E-state index contributed by atoms with van der Waals surface area (Å²) >= 11 is 0. The van der Waals surface area contributed by atoms with Gasteiger partial charge in [-0.05, 0) is 38.0 Å². The zero-order valence-corrected chi connectivity index (χ0v) is 12.1. The van der Waals surface area contributed by atoms with Crippen molar-refractivity contribution in [1.82, 2.24) is 4.98 Å². The lowest BCUT2D eigenvalue weighted by Crippen LogP contribution is -2.34. The van der Waals surface area contributed by atoms with Crippen LogP contribution in [0.25, 0.3) is 10.9 Å². The number of rotatable bonds is 5. The Labute approximate surface area is 118 Å². The molecule has 1 aromatic heterocycles. The van der Waals surface area contributed by atoms with Crippen LogP contribution in [-0.4, -0.2) is 22.6 Å². The van der Waals surface area contributed by atoms with Crippen LogP contribution in [0.4, 0.5) is 5.82 Å². The molecule has 20 heavy (non-hydrogen) atoms. The molecule has 0 bridgehead atoms. The summed E-state index contributed by atoms with van der Waals surface area (Å²) in [5.41, 5.74) is 1.15. The number of anilines is 1. The predicted molar refractivity (Wildman–Crippen MR) is 81.0 cm³/mol. The average Bonchev–Trinajstić information content (AvgIpc) is 2.44. The highest BCUT2D eigenvalue weighted by molar-refractivity contribution is 5.81. The molecule has 0 spiro atoms. The Morgan fingerprint density at radius 3 is 2.75 bits per heavy atom. The van der Waals surface area contributed by atoms with Crippen LogP contribution in [0, 0.1) is 12.3 Å². The highest BCUT2D eigenvalue weighted by Crippen LogP contribution is 2.24. The number of aromatic nitrogens is 1. The molecule has 0 saturated heterocycles. The standard InChI is InChI=1S/C16H20N2O2/c1-4-16(3,15(19)20)10-17-14-11(2)9-12-7-5-6-8-13(12)18-14/h5-9H,4,10H2,1-3H3,(H,17,18)(H,19,20). The molecule has 1 heterocycles. The van der Waals surface area contributed by atoms with E-state index in [1.54, 1.807) is 6.92 Å². The second-order valence-electron chi connectivity index (χ2n) is 5.42. The number of carboxylic acids is 1. The second-order valence-corrected chi connectivity index (χ2v) is 5.42. The minimum atomic E-state index is -0.786. The van der Waals surface area contributed by atoms with Crippen molar-refractivity contribution in [1.29, 1.82) is 0 Å². The van der Waals surface area contributed by atoms with E-state index in [2.05, 4.69) is 16.4 Å². The molecule has 1 aromatic carbocycles. The van der Waals surface area contributed by atoms with E-state index in [1.165, 1.54) is 0 Å². The van der Waals surface area contributed by atoms with Crippen molar-refractivity contribution < 1.29 is 9.90 Å². The molecule has 2 aromatic rings. The molecule has 0 saturated carbocycles. The van der Waals surface area contributed by atoms with Gasteiger partial charge in [-0.25, -0.2) is 4.98 Å². The van der Waals surface area contributed by atoms with Crippen molar-refractivity contribution in [3.63, 3.8) is 0 Å². The number of nitrogens with zero attached hydrogens (tertiary/aromatic N) is 1. The summed E-state index contributed by atoms with van der Waals surface area (Å²) in [7, 11) is 0. The third-order valence-corrected chi connectivity index (χ3v) is 3.86. The molecule has 0 aliphatic carbocycles. The van der Waals surface area contributed by atoms with Gasteiger partial charge < -0.3 is 10.4 Å². The summed E-state index contributed by atoms with van der Waals surface area (Å²) in [6.07, 6.45) is 0.571. The van der Waals surface area contributed by atoms with Crippen LogP contribution in [0.1, 0.15) is 25.8 Å². The quantitative estimate of drug-likeness (QED) is 0.875. The van der Waals surface area contributed by atoms with Crippen LogP contribution in [0.15, 0.2) is 30.3 Å². The van der Waals surface area contributed by atoms with E-state index in [0.29, 0.717) is 13.0 Å². The van der Waals surface area contributed by atoms with Crippen molar-refractivity contribution in [3.8, 4) is 0 Å². The Hall–Kier alpha value is -2.10. The number of hydrogen-bond acceptors (Lipinski definition) is 3. The number of para-hydroxylation sites is 1. The first-order valence-electron chi connectivity index (χ1n) is 6.80. The predicted octanol–water partition coefficient (Wildman–Crippen LogP) is 3.46. The molecule has 2 N–H and O–H groups in total. The summed E-state index contributed by atoms with van der Waals surface area (Å²) in [5, 5.41) is 13.6. The molecule has 0 amide bonds. The Bertz CT molecular complexity index is 639. The van der Waals surface area contributed by atoms with Gasteiger partial charge in [-0.3, -0.25) is 4.79 Å². The number of fused-ring (bicyclic) bond motifs is 1. The van der Waals surface area contributed by atoms with E-state index < -0.39 is 11.4 Å². The molecule has 0 fully saturated rings. The van der Waals surface area contributed by atoms with Gasteiger partial charge in [-0.2, -0.15) is 0 Å². The van der Waals surface area contributed by atoms with Gasteiger partial charge in [0.05, 0.1) is 10.9 Å². The minimum Gasteiger partial charge on any atom is -0.481 e. The fourth-order valence-corrected chi connectivity index (χ4v) is 2.03. The lowest BCUT2D eigenvalue weighted by atomic mass is 9.87. The Balaban J connectivity index is 2.25. The minimum absolute atomic E-state index is 0.366. The summed E-state index contributed by atoms with van der Waals surface area (Å²) < 4.78 is 0. The zero-order chi connectivity index (χ0) is 14.8. The van der Waals surface area contributed by atoms with Gasteiger partial charge in [0.15, 0.2) is 0 Å². The number of aryl methyl sites for hydroxylation is 1. The van der Waals surface area contributed by atoms with Crippen molar-refractivity contribution in [2.75, 3.05) is 11.9 Å². The number of pyridine rings is 1. The number of aliphatic carboxylic acids is 1. The third kappa shape index (κ3) is 2.74. The molecule has 4 nitrogen and oxygen atoms in total. The first-order valence-corrected chi connectivity index (χ1v) is 6.80. The summed E-state index contributed by atoms with van der Waals surface area (Å²) in [4.78, 5) is 15.9. The monoisotopic (exact) mass is 272 g/mol. The van der Waals surface area contributed by atoms with Crippen LogP contribution in [0.3, 0.4) is 0 Å². The molecule has 0 radical (unpaired) electrons. The van der Waals surface area contributed by atoms with Crippen LogP contribution in [-0.2, 0) is 4.79 Å². The van der Waals surface area contributed by atoms with Gasteiger partial charge in [0, 0.05) is 11.9 Å². The zero-order valence-electron chi connectivity index (χ0n) is 12.1. The Kier molecular flexibility index (Phi) is 3.93. The number of carboxylic acid groups (broad SMARTS) is 1. The third-order valence-electron chi connectivity index (χ3n) is 3.86. The highest BCUT2D eigenvalue weighted by atomic mass is 16.4. The molecule has 106 valence electrons. The molecule has 0 aliphatic rings. The highest BCUT2D eigenvalue weighted by Gasteiger charge is 2.31. The molecule has 4 heteroatoms. The maximum absolute atomic E-state index is 11.3. The van der Waals surface area contributed by atoms with E-state index in [1.807, 2.05) is 38.1 Å². The van der Waals surface area contributed by atoms with Crippen LogP contribution >= 0.6 is 0 Å². The fourth-order valence-electron chi connectivity index (χ4n) is 2.03. The van der Waals surface area contributed by atoms with Gasteiger partial charge in [-0.1, -0.05) is 25.1 Å². The molecular formula is C16H20N2O2. The smallest absolute Gasteiger partial charge is 0.311 e. The largest absolute Gasteiger partial charge is 0.481 e. The number of nitrogens with one attached hydrogen (secondary N) is 1. The maximum Gasteiger partial charge on any atom is 0.311 e. The van der Waals surface area contributed by atoms with E-state index in [-0.39, 0.29) is 0 Å². The lowest BCUT2D eigenvalue weighted by molar-refractivity contribution is -0.147. The van der Waals surface area contributed by atoms with E-state index in [0.717, 1.165) is 22.3 Å². The van der Waals surface area contributed by atoms with E-state index in [4.69, 9.17) is 0 Å². The first kappa shape index (κ1) is 14.3. The lowest BCUT2D eigenvalue weighted by Gasteiger charge is -2.24. The van der Waals surface area contributed by atoms with Gasteiger partial charge in [-0.15, -0.1) is 0 Å². The average molecular weight is 272 g/mol. The van der Waals surface area contributed by atoms with Crippen molar-refractivity contribution in [2.45, 2.75) is 27.2 Å². The normalized spacial score (nSPS) is 13.9. The van der Waals surface area contributed by atoms with Gasteiger partial charge in [0.1, 0.15) is 5.82 Å². The molecule has 0 aliphatic heterocycles. The number of benzene rings is 1. The number of carbonyl (C=O) groups is 1. The Morgan fingerprint density at radius 1 is 1.40 bits per heavy atom. The summed E-state index contributed by atoms with van der Waals surface area (Å²) in [6.45, 7) is 5.98. The van der Waals surface area contributed by atoms with Crippen molar-refractivity contribution >= 4 is 22.7 Å². The topological polar surface area (TPSA) is 62.2 Å². The fraction of sp³-hybridized carbons (Fsp3) is 0.375. The van der Waals surface area contributed by atoms with Crippen LogP contribution < -0.4 is 5.32 Å². The SMILES string of the molecule is CCC(C)(CNc1nc2ccccc2cc1C)C(=O)O. The molecule has 1 unspecified atom stereocenters. The van der Waals surface area contributed by atoms with Crippen molar-refractivity contribution in [3.05, 3.63) is 35.9 Å². The van der Waals surface area contributed by atoms with Crippen LogP contribution in [0.5, 0.6) is 0 Å². The van der Waals surface area contributed by atoms with Crippen LogP contribution in [0.2, 0.25) is 0 Å². The van der Waals surface area contributed by atoms with Crippen molar-refractivity contribution in [2.24, 2.45) is 5.41 Å². The summed E-state index contributed by atoms with van der Waals surface area (Å²) in [5.74, 6) is -0.0319. The maximum atomic E-state index is 11.3. The van der Waals surface area contributed by atoms with Gasteiger partial charge in [0.25, 0.3) is 0 Å². The van der Waals surface area contributed by atoms with Gasteiger partial charge in [0.2, 0.25) is 0 Å². The van der Waals surface area contributed by atoms with E-state index in [9.17, 15) is 9.90 Å². The Morgan fingerprint density at radius 2 is 2.10 bits per heavy atom. The van der Waals surface area contributed by atoms with E-state index >= 15 is 0 Å². The summed E-state index contributed by atoms with van der Waals surface area (Å²) in [6, 6.07) is 9.97. The van der Waals surface area contributed by atoms with Gasteiger partial charge >= 0.3 is 5.97 Å². The first-order chi connectivity index (χ1) is 9.46. The molecule has 2 rings (SSSR count).